The van der Waals surface area contributed by atoms with Gasteiger partial charge in [-0.3, -0.25) is 9.59 Å². The molecule has 0 spiro atoms. The first kappa shape index (κ1) is 17.9. The Kier molecular flexibility index (Phi) is 5.80. The molecule has 0 radical (unpaired) electrons. The van der Waals surface area contributed by atoms with Gasteiger partial charge < -0.3 is 10.2 Å². The van der Waals surface area contributed by atoms with E-state index in [9.17, 15) is 9.59 Å². The second-order valence-corrected chi connectivity index (χ2v) is 6.71. The van der Waals surface area contributed by atoms with Gasteiger partial charge in [-0.1, -0.05) is 6.07 Å². The van der Waals surface area contributed by atoms with Gasteiger partial charge in [-0.05, 0) is 48.7 Å². The molecule has 0 bridgehead atoms. The number of nitrogens with zero attached hydrogens (tertiary/aromatic N) is 3. The summed E-state index contributed by atoms with van der Waals surface area (Å²) in [5.74, 6) is -0.326. The van der Waals surface area contributed by atoms with E-state index in [1.807, 2.05) is 48.8 Å². The number of nitrogens with one attached hydrogen (secondary N) is 1. The molecular weight excluding hydrogens is 348 g/mol. The summed E-state index contributed by atoms with van der Waals surface area (Å²) in [7, 11) is 0. The lowest BCUT2D eigenvalue weighted by molar-refractivity contribution is -0.121. The van der Waals surface area contributed by atoms with Gasteiger partial charge in [0.1, 0.15) is 0 Å². The van der Waals surface area contributed by atoms with Crippen molar-refractivity contribution < 1.29 is 9.59 Å². The molecule has 0 aliphatic carbocycles. The summed E-state index contributed by atoms with van der Waals surface area (Å²) < 4.78 is 1.73. The van der Waals surface area contributed by atoms with Gasteiger partial charge in [-0.25, -0.2) is 4.68 Å². The van der Waals surface area contributed by atoms with Gasteiger partial charge >= 0.3 is 0 Å². The van der Waals surface area contributed by atoms with Gasteiger partial charge in [0.15, 0.2) is 0 Å². The number of carbonyl (C=O) groups is 2. The van der Waals surface area contributed by atoms with E-state index >= 15 is 0 Å². The van der Waals surface area contributed by atoms with Crippen LogP contribution in [0.2, 0.25) is 0 Å². The minimum atomic E-state index is -0.165. The van der Waals surface area contributed by atoms with Crippen LogP contribution >= 0.6 is 11.3 Å². The van der Waals surface area contributed by atoms with Crippen molar-refractivity contribution in [3.8, 4) is 5.69 Å². The molecule has 0 atom stereocenters. The first-order chi connectivity index (χ1) is 12.7. The van der Waals surface area contributed by atoms with E-state index in [2.05, 4.69) is 10.4 Å². The molecule has 0 saturated heterocycles. The summed E-state index contributed by atoms with van der Waals surface area (Å²) in [5.41, 5.74) is 1.43. The lowest BCUT2D eigenvalue weighted by Gasteiger charge is -2.20. The molecule has 0 saturated carbocycles. The third-order valence-corrected chi connectivity index (χ3v) is 4.80. The maximum absolute atomic E-state index is 12.7. The summed E-state index contributed by atoms with van der Waals surface area (Å²) >= 11 is 1.59. The van der Waals surface area contributed by atoms with Crippen molar-refractivity contribution in [1.29, 1.82) is 0 Å². The highest BCUT2D eigenvalue weighted by atomic mass is 32.1. The molecule has 1 N–H and O–H groups in total. The zero-order chi connectivity index (χ0) is 18.4. The van der Waals surface area contributed by atoms with Crippen LogP contribution in [0.25, 0.3) is 5.69 Å². The average molecular weight is 368 g/mol. The molecule has 0 aliphatic rings. The average Bonchev–Trinajstić information content (AvgIpc) is 3.38. The van der Waals surface area contributed by atoms with E-state index in [4.69, 9.17) is 0 Å². The topological polar surface area (TPSA) is 67.2 Å². The first-order valence-electron chi connectivity index (χ1n) is 8.36. The van der Waals surface area contributed by atoms with E-state index < -0.39 is 0 Å². The summed E-state index contributed by atoms with van der Waals surface area (Å²) in [6, 6.07) is 12.9. The molecule has 2 amide bonds. The van der Waals surface area contributed by atoms with Crippen molar-refractivity contribution in [2.24, 2.45) is 0 Å². The predicted molar refractivity (Wildman–Crippen MR) is 101 cm³/mol. The monoisotopic (exact) mass is 368 g/mol. The summed E-state index contributed by atoms with van der Waals surface area (Å²) in [5, 5.41) is 8.98. The largest absolute Gasteiger partial charge is 0.350 e. The van der Waals surface area contributed by atoms with Crippen LogP contribution in [0.3, 0.4) is 0 Å². The normalized spacial score (nSPS) is 10.5. The fourth-order valence-corrected chi connectivity index (χ4v) is 3.16. The van der Waals surface area contributed by atoms with E-state index in [-0.39, 0.29) is 18.4 Å². The smallest absolute Gasteiger partial charge is 0.254 e. The van der Waals surface area contributed by atoms with E-state index in [1.165, 1.54) is 4.90 Å². The molecule has 6 nitrogen and oxygen atoms in total. The third kappa shape index (κ3) is 4.37. The standard InChI is InChI=1S/C19H20N4O2S/c1-2-22(14-18(24)20-13-17-5-3-12-26-17)19(25)15-6-8-16(9-7-15)23-11-4-10-21-23/h3-12H,2,13-14H2,1H3,(H,20,24). The van der Waals surface area contributed by atoms with Gasteiger partial charge in [0.2, 0.25) is 5.91 Å². The molecule has 2 heterocycles. The number of hydrogen-bond acceptors (Lipinski definition) is 4. The lowest BCUT2D eigenvalue weighted by atomic mass is 10.1. The molecule has 0 unspecified atom stereocenters. The predicted octanol–water partition coefficient (Wildman–Crippen LogP) is 2.71. The Morgan fingerprint density at radius 2 is 2.00 bits per heavy atom. The molecule has 1 aromatic carbocycles. The van der Waals surface area contributed by atoms with Gasteiger partial charge in [0.25, 0.3) is 5.91 Å². The van der Waals surface area contributed by atoms with Crippen LogP contribution in [0.5, 0.6) is 0 Å². The number of carbonyl (C=O) groups excluding carboxylic acids is 2. The fourth-order valence-electron chi connectivity index (χ4n) is 2.52. The maximum Gasteiger partial charge on any atom is 0.254 e. The number of aromatic nitrogens is 2. The van der Waals surface area contributed by atoms with Crippen LogP contribution in [-0.2, 0) is 11.3 Å². The van der Waals surface area contributed by atoms with Crippen molar-refractivity contribution in [2.45, 2.75) is 13.5 Å². The van der Waals surface area contributed by atoms with Crippen molar-refractivity contribution in [1.82, 2.24) is 20.0 Å². The third-order valence-electron chi connectivity index (χ3n) is 3.93. The minimum absolute atomic E-state index is 0.0433. The molecular formula is C19H20N4O2S. The minimum Gasteiger partial charge on any atom is -0.350 e. The summed E-state index contributed by atoms with van der Waals surface area (Å²) in [6.07, 6.45) is 3.54. The van der Waals surface area contributed by atoms with Gasteiger partial charge in [-0.2, -0.15) is 5.10 Å². The number of thiophene rings is 1. The Bertz CT molecular complexity index is 842. The van der Waals surface area contributed by atoms with Crippen molar-refractivity contribution >= 4 is 23.2 Å². The highest BCUT2D eigenvalue weighted by Crippen LogP contribution is 2.11. The maximum atomic E-state index is 12.7. The van der Waals surface area contributed by atoms with E-state index in [0.29, 0.717) is 18.7 Å². The zero-order valence-corrected chi connectivity index (χ0v) is 15.3. The van der Waals surface area contributed by atoms with E-state index in [0.717, 1.165) is 10.6 Å². The van der Waals surface area contributed by atoms with Gasteiger partial charge in [0, 0.05) is 29.4 Å². The van der Waals surface area contributed by atoms with E-state index in [1.54, 1.807) is 34.3 Å². The Morgan fingerprint density at radius 3 is 2.62 bits per heavy atom. The van der Waals surface area contributed by atoms with Crippen LogP contribution < -0.4 is 5.32 Å². The number of rotatable bonds is 7. The van der Waals surface area contributed by atoms with Crippen molar-refractivity contribution in [2.75, 3.05) is 13.1 Å². The first-order valence-corrected chi connectivity index (χ1v) is 9.23. The summed E-state index contributed by atoms with van der Waals surface area (Å²) in [4.78, 5) is 27.4. The van der Waals surface area contributed by atoms with Gasteiger partial charge in [-0.15, -0.1) is 11.3 Å². The quantitative estimate of drug-likeness (QED) is 0.697. The fraction of sp³-hybridized carbons (Fsp3) is 0.211. The van der Waals surface area contributed by atoms with Gasteiger partial charge in [0.05, 0.1) is 18.8 Å². The number of likely N-dealkylation sites (N-methyl/N-ethyl adjacent to an activating group) is 1. The van der Waals surface area contributed by atoms with Crippen LogP contribution in [0.15, 0.2) is 60.2 Å². The lowest BCUT2D eigenvalue weighted by Crippen LogP contribution is -2.40. The molecule has 26 heavy (non-hydrogen) atoms. The molecule has 2 aromatic heterocycles. The number of hydrogen-bond donors (Lipinski definition) is 1. The van der Waals surface area contributed by atoms with Crippen molar-refractivity contribution in [3.05, 3.63) is 70.7 Å². The zero-order valence-electron chi connectivity index (χ0n) is 14.5. The Morgan fingerprint density at radius 1 is 1.19 bits per heavy atom. The molecule has 0 fully saturated rings. The Hall–Kier alpha value is -2.93. The van der Waals surface area contributed by atoms with Crippen molar-refractivity contribution in [3.63, 3.8) is 0 Å². The number of benzene rings is 1. The van der Waals surface area contributed by atoms with Crippen LogP contribution in [0.1, 0.15) is 22.2 Å². The Labute approximate surface area is 156 Å². The second-order valence-electron chi connectivity index (χ2n) is 5.67. The second kappa shape index (κ2) is 8.44. The summed E-state index contributed by atoms with van der Waals surface area (Å²) in [6.45, 7) is 2.86. The highest BCUT2D eigenvalue weighted by Gasteiger charge is 2.17. The molecule has 0 aliphatic heterocycles. The van der Waals surface area contributed by atoms with Crippen LogP contribution in [0.4, 0.5) is 0 Å². The highest BCUT2D eigenvalue weighted by molar-refractivity contribution is 7.09. The van der Waals surface area contributed by atoms with Crippen LogP contribution in [-0.4, -0.2) is 39.6 Å². The Balaban J connectivity index is 1.60. The molecule has 3 aromatic rings. The van der Waals surface area contributed by atoms with Crippen LogP contribution in [0, 0.1) is 0 Å². The molecule has 7 heteroatoms. The SMILES string of the molecule is CCN(CC(=O)NCc1cccs1)C(=O)c1ccc(-n2cccn2)cc1. The molecule has 134 valence electrons. The molecule has 3 rings (SSSR count). The number of amides is 2.